The first-order chi connectivity index (χ1) is 13.9. The van der Waals surface area contributed by atoms with E-state index in [9.17, 15) is 4.79 Å². The lowest BCUT2D eigenvalue weighted by Crippen LogP contribution is -2.14. The zero-order valence-electron chi connectivity index (χ0n) is 14.8. The molecule has 2 aromatic carbocycles. The average molecular weight is 488 g/mol. The molecule has 10 heteroatoms. The summed E-state index contributed by atoms with van der Waals surface area (Å²) in [6.45, 7) is 4.23. The van der Waals surface area contributed by atoms with Gasteiger partial charge in [0.05, 0.1) is 20.8 Å². The number of hydrogen-bond donors (Lipinski definition) is 1. The van der Waals surface area contributed by atoms with Crippen LogP contribution < -0.4 is 5.32 Å². The highest BCUT2D eigenvalue weighted by Crippen LogP contribution is 2.31. The van der Waals surface area contributed by atoms with Gasteiger partial charge in [-0.2, -0.15) is 0 Å². The van der Waals surface area contributed by atoms with E-state index in [1.807, 2.05) is 4.57 Å². The van der Waals surface area contributed by atoms with E-state index >= 15 is 0 Å². The highest BCUT2D eigenvalue weighted by molar-refractivity contribution is 7.99. The van der Waals surface area contributed by atoms with Crippen molar-refractivity contribution in [1.29, 1.82) is 0 Å². The van der Waals surface area contributed by atoms with Gasteiger partial charge in [-0.25, -0.2) is 0 Å². The number of rotatable bonds is 7. The molecule has 0 fully saturated rings. The number of thioether (sulfide) groups is 1. The molecule has 0 aliphatic rings. The molecular weight excluding hydrogens is 474 g/mol. The molecule has 29 heavy (non-hydrogen) atoms. The highest BCUT2D eigenvalue weighted by Gasteiger charge is 2.17. The monoisotopic (exact) mass is 486 g/mol. The molecule has 3 aromatic rings. The van der Waals surface area contributed by atoms with Gasteiger partial charge in [0.2, 0.25) is 5.91 Å². The van der Waals surface area contributed by atoms with Crippen LogP contribution in [0, 0.1) is 0 Å². The van der Waals surface area contributed by atoms with Crippen molar-refractivity contribution < 1.29 is 4.79 Å². The fourth-order valence-corrected chi connectivity index (χ4v) is 4.00. The Morgan fingerprint density at radius 1 is 1.07 bits per heavy atom. The molecule has 1 heterocycles. The number of carbonyl (C=O) groups is 1. The SMILES string of the molecule is C=CCn1c(SCC(=O)Nc2ccc(Cl)c(Cl)c2)nnc1-c1ccc(Cl)cc1Cl. The van der Waals surface area contributed by atoms with Crippen molar-refractivity contribution in [3.8, 4) is 11.4 Å². The molecule has 0 saturated carbocycles. The third kappa shape index (κ3) is 5.47. The summed E-state index contributed by atoms with van der Waals surface area (Å²) in [5, 5.41) is 13.5. The number of aromatic nitrogens is 3. The molecule has 0 unspecified atom stereocenters. The molecule has 0 saturated heterocycles. The fraction of sp³-hybridized carbons (Fsp3) is 0.105. The van der Waals surface area contributed by atoms with Crippen molar-refractivity contribution in [1.82, 2.24) is 14.8 Å². The van der Waals surface area contributed by atoms with Gasteiger partial charge in [0.1, 0.15) is 0 Å². The fourth-order valence-electron chi connectivity index (χ4n) is 2.46. The van der Waals surface area contributed by atoms with E-state index < -0.39 is 0 Å². The molecule has 1 N–H and O–H groups in total. The molecule has 0 radical (unpaired) electrons. The molecule has 0 spiro atoms. The molecule has 1 aromatic heterocycles. The van der Waals surface area contributed by atoms with Gasteiger partial charge in [0, 0.05) is 22.8 Å². The Morgan fingerprint density at radius 2 is 1.86 bits per heavy atom. The summed E-state index contributed by atoms with van der Waals surface area (Å²) in [6, 6.07) is 10.0. The second kappa shape index (κ2) is 9.87. The van der Waals surface area contributed by atoms with Gasteiger partial charge in [-0.3, -0.25) is 9.36 Å². The molecule has 0 atom stereocenters. The van der Waals surface area contributed by atoms with E-state index in [4.69, 9.17) is 46.4 Å². The van der Waals surface area contributed by atoms with Crippen LogP contribution in [0.5, 0.6) is 0 Å². The topological polar surface area (TPSA) is 59.8 Å². The van der Waals surface area contributed by atoms with Gasteiger partial charge >= 0.3 is 0 Å². The number of anilines is 1. The minimum Gasteiger partial charge on any atom is -0.325 e. The van der Waals surface area contributed by atoms with E-state index in [0.29, 0.717) is 48.9 Å². The van der Waals surface area contributed by atoms with Gasteiger partial charge in [0.25, 0.3) is 0 Å². The van der Waals surface area contributed by atoms with Crippen molar-refractivity contribution in [3.05, 3.63) is 69.1 Å². The standard InChI is InChI=1S/C19H14Cl4N4OS/c1-2-7-27-18(13-5-3-11(20)8-15(13)22)25-26-19(27)29-10-17(28)24-12-4-6-14(21)16(23)9-12/h2-6,8-9H,1,7,10H2,(H,24,28). The second-order valence-electron chi connectivity index (χ2n) is 5.80. The second-order valence-corrected chi connectivity index (χ2v) is 8.40. The molecular formula is C19H14Cl4N4OS. The van der Waals surface area contributed by atoms with Crippen molar-refractivity contribution in [2.24, 2.45) is 0 Å². The van der Waals surface area contributed by atoms with Crippen LogP contribution in [0.3, 0.4) is 0 Å². The first kappa shape index (κ1) is 22.0. The minimum atomic E-state index is -0.215. The number of amides is 1. The number of nitrogens with one attached hydrogen (secondary N) is 1. The van der Waals surface area contributed by atoms with Crippen molar-refractivity contribution in [3.63, 3.8) is 0 Å². The van der Waals surface area contributed by atoms with Crippen LogP contribution in [-0.4, -0.2) is 26.4 Å². The van der Waals surface area contributed by atoms with Gasteiger partial charge < -0.3 is 5.32 Å². The van der Waals surface area contributed by atoms with Crippen LogP contribution in [0.1, 0.15) is 0 Å². The van der Waals surface area contributed by atoms with Crippen LogP contribution >= 0.6 is 58.2 Å². The summed E-state index contributed by atoms with van der Waals surface area (Å²) >= 11 is 25.4. The predicted molar refractivity (Wildman–Crippen MR) is 121 cm³/mol. The number of allylic oxidation sites excluding steroid dienone is 1. The Morgan fingerprint density at radius 3 is 2.55 bits per heavy atom. The maximum atomic E-state index is 12.3. The Labute approximate surface area is 192 Å². The van der Waals surface area contributed by atoms with Crippen LogP contribution in [0.4, 0.5) is 5.69 Å². The molecule has 5 nitrogen and oxygen atoms in total. The van der Waals surface area contributed by atoms with Gasteiger partial charge in [0.15, 0.2) is 11.0 Å². The van der Waals surface area contributed by atoms with Gasteiger partial charge in [-0.15, -0.1) is 16.8 Å². The summed E-state index contributed by atoms with van der Waals surface area (Å²) < 4.78 is 1.83. The number of hydrogen-bond acceptors (Lipinski definition) is 4. The largest absolute Gasteiger partial charge is 0.325 e. The Hall–Kier alpha value is -1.70. The molecule has 3 rings (SSSR count). The van der Waals surface area contributed by atoms with Crippen molar-refractivity contribution in [2.45, 2.75) is 11.7 Å². The first-order valence-corrected chi connectivity index (χ1v) is 10.8. The number of benzene rings is 2. The van der Waals surface area contributed by atoms with E-state index in [0.717, 1.165) is 0 Å². The normalized spacial score (nSPS) is 10.8. The van der Waals surface area contributed by atoms with Crippen LogP contribution in [0.2, 0.25) is 20.1 Å². The number of nitrogens with zero attached hydrogens (tertiary/aromatic N) is 3. The third-order valence-corrected chi connectivity index (χ3v) is 5.99. The van der Waals surface area contributed by atoms with Crippen molar-refractivity contribution >= 4 is 69.8 Å². The summed E-state index contributed by atoms with van der Waals surface area (Å²) in [5.74, 6) is 0.482. The Kier molecular flexibility index (Phi) is 7.49. The molecule has 0 aliphatic carbocycles. The Balaban J connectivity index is 1.75. The number of halogens is 4. The summed E-state index contributed by atoms with van der Waals surface area (Å²) in [4.78, 5) is 12.3. The van der Waals surface area contributed by atoms with E-state index in [1.165, 1.54) is 11.8 Å². The zero-order valence-corrected chi connectivity index (χ0v) is 18.7. The van der Waals surface area contributed by atoms with Crippen LogP contribution in [-0.2, 0) is 11.3 Å². The number of carbonyl (C=O) groups excluding carboxylic acids is 1. The maximum absolute atomic E-state index is 12.3. The maximum Gasteiger partial charge on any atom is 0.234 e. The van der Waals surface area contributed by atoms with Crippen LogP contribution in [0.25, 0.3) is 11.4 Å². The highest BCUT2D eigenvalue weighted by atomic mass is 35.5. The Bertz CT molecular complexity index is 1070. The lowest BCUT2D eigenvalue weighted by molar-refractivity contribution is -0.113. The van der Waals surface area contributed by atoms with Crippen molar-refractivity contribution in [2.75, 3.05) is 11.1 Å². The zero-order chi connectivity index (χ0) is 21.0. The summed E-state index contributed by atoms with van der Waals surface area (Å²) in [7, 11) is 0. The molecule has 150 valence electrons. The van der Waals surface area contributed by atoms with Crippen LogP contribution in [0.15, 0.2) is 54.2 Å². The average Bonchev–Trinajstić information content (AvgIpc) is 3.06. The van der Waals surface area contributed by atoms with E-state index in [1.54, 1.807) is 42.5 Å². The minimum absolute atomic E-state index is 0.129. The predicted octanol–water partition coefficient (Wildman–Crippen LogP) is 6.48. The lowest BCUT2D eigenvalue weighted by Gasteiger charge is -2.09. The molecule has 0 bridgehead atoms. The van der Waals surface area contributed by atoms with E-state index in [-0.39, 0.29) is 11.7 Å². The molecule has 1 amide bonds. The van der Waals surface area contributed by atoms with E-state index in [2.05, 4.69) is 22.1 Å². The quantitative estimate of drug-likeness (QED) is 0.306. The van der Waals surface area contributed by atoms with Gasteiger partial charge in [-0.1, -0.05) is 64.2 Å². The first-order valence-electron chi connectivity index (χ1n) is 8.26. The lowest BCUT2D eigenvalue weighted by atomic mass is 10.2. The third-order valence-electron chi connectivity index (χ3n) is 3.74. The smallest absolute Gasteiger partial charge is 0.234 e. The molecule has 0 aliphatic heterocycles. The summed E-state index contributed by atoms with van der Waals surface area (Å²) in [5.41, 5.74) is 1.25. The van der Waals surface area contributed by atoms with Gasteiger partial charge in [-0.05, 0) is 36.4 Å². The summed E-state index contributed by atoms with van der Waals surface area (Å²) in [6.07, 6.45) is 1.72.